The van der Waals surface area contributed by atoms with E-state index in [1.807, 2.05) is 0 Å². The minimum atomic E-state index is -5.30. The van der Waals surface area contributed by atoms with E-state index >= 15 is 0 Å². The molecule has 0 aliphatic carbocycles. The van der Waals surface area contributed by atoms with Crippen LogP contribution in [0.3, 0.4) is 0 Å². The molecule has 73 heavy (non-hydrogen) atoms. The van der Waals surface area contributed by atoms with Gasteiger partial charge in [-0.15, -0.1) is 34.2 Å². The SMILES string of the molecule is Nc1c(N=Nc2ccc(S(=O)(=O)CCOSOOO)cc2S(=O)(=O)O)cc(N=Nc2ccc(S(=O)(=O)CCOSOOO)cc2S(=O)(=O)O)c(N)c1N=Nc1cc(S(=O)(=O)O)c2cccc(OSOOO)c2c1. The lowest BCUT2D eigenvalue weighted by Crippen LogP contribution is -2.12. The summed E-state index contributed by atoms with van der Waals surface area (Å²) in [5, 5.41) is 58.1. The number of nitrogens with two attached hydrogens (primary N) is 2. The van der Waals surface area contributed by atoms with Crippen molar-refractivity contribution in [2.24, 2.45) is 30.7 Å². The van der Waals surface area contributed by atoms with Crippen LogP contribution >= 0.6 is 37.0 Å². The summed E-state index contributed by atoms with van der Waals surface area (Å²) in [6.07, 6.45) is 0. The summed E-state index contributed by atoms with van der Waals surface area (Å²) in [4.78, 5) is -4.28. The molecule has 41 heteroatoms. The van der Waals surface area contributed by atoms with Crippen LogP contribution in [0.1, 0.15) is 0 Å². The zero-order chi connectivity index (χ0) is 53.8. The standard InChI is InChI=1S/C32H30N8O25S8/c33-30-24(38-36-22-6-4-18(14-28(22)72(51,52)53)69(44,45)10-8-57-66-63-60-41)16-25(39-37-23-7-5-19(15-29(23)73(54,55)56)70(46,47)11-9-58-67-64-61-42)31(34)32(30)40-35-17-12-21-20(27(13-17)71(48,49)50)2-1-3-26(21)59-68-65-62-43/h1-7,12-16,41-43H,8-11,33-34H2,(H,48,49,50)(H,51,52,53)(H,54,55,56). The molecule has 0 bridgehead atoms. The van der Waals surface area contributed by atoms with Crippen LogP contribution in [-0.2, 0) is 86.5 Å². The van der Waals surface area contributed by atoms with E-state index < -0.39 is 139 Å². The summed E-state index contributed by atoms with van der Waals surface area (Å²) in [5.74, 6) is -1.73. The first-order valence-corrected chi connectivity index (χ1v) is 28.0. The molecule has 0 unspecified atom stereocenters. The largest absolute Gasteiger partial charge is 0.398 e. The maximum atomic E-state index is 13.0. The number of sulfone groups is 2. The van der Waals surface area contributed by atoms with Crippen molar-refractivity contribution in [1.82, 2.24) is 0 Å². The van der Waals surface area contributed by atoms with Crippen molar-refractivity contribution < 1.29 is 112 Å². The van der Waals surface area contributed by atoms with Gasteiger partial charge in [-0.1, -0.05) is 31.6 Å². The lowest BCUT2D eigenvalue weighted by Gasteiger charge is -2.11. The Morgan fingerprint density at radius 1 is 0.479 bits per heavy atom. The maximum absolute atomic E-state index is 13.0. The summed E-state index contributed by atoms with van der Waals surface area (Å²) < 4.78 is 184. The van der Waals surface area contributed by atoms with Gasteiger partial charge >= 0.3 is 0 Å². The van der Waals surface area contributed by atoms with Crippen molar-refractivity contribution in [2.45, 2.75) is 24.5 Å². The van der Waals surface area contributed by atoms with E-state index in [1.165, 1.54) is 24.3 Å². The lowest BCUT2D eigenvalue weighted by molar-refractivity contribution is -0.434. The van der Waals surface area contributed by atoms with Gasteiger partial charge in [0.1, 0.15) is 48.9 Å². The molecule has 0 fully saturated rings. The maximum Gasteiger partial charge on any atom is 0.296 e. The van der Waals surface area contributed by atoms with Gasteiger partial charge in [0.05, 0.1) is 51.6 Å². The Balaban J connectivity index is 1.68. The van der Waals surface area contributed by atoms with E-state index in [4.69, 9.17) is 39.8 Å². The Labute approximate surface area is 423 Å². The smallest absolute Gasteiger partial charge is 0.296 e. The van der Waals surface area contributed by atoms with E-state index in [-0.39, 0.29) is 59.2 Å². The molecule has 10 N–H and O–H groups in total. The van der Waals surface area contributed by atoms with Gasteiger partial charge in [0, 0.05) is 10.8 Å². The molecule has 0 aliphatic heterocycles. The van der Waals surface area contributed by atoms with Crippen LogP contribution in [-0.4, -0.2) is 96.2 Å². The van der Waals surface area contributed by atoms with Crippen LogP contribution < -0.4 is 15.7 Å². The fraction of sp³-hybridized carbons (Fsp3) is 0.125. The molecule has 5 aromatic carbocycles. The van der Waals surface area contributed by atoms with Gasteiger partial charge in [-0.3, -0.25) is 22.0 Å². The third-order valence-corrected chi connectivity index (χ3v) is 15.8. The number of hydrogen-bond donors (Lipinski definition) is 8. The normalized spacial score (nSPS) is 13.0. The molecule has 0 spiro atoms. The van der Waals surface area contributed by atoms with Crippen molar-refractivity contribution in [2.75, 3.05) is 36.2 Å². The quantitative estimate of drug-likeness (QED) is 0.00504. The molecular weight excluding hydrogens is 1150 g/mol. The van der Waals surface area contributed by atoms with Gasteiger partial charge in [0.25, 0.3) is 42.7 Å². The average Bonchev–Trinajstić information content (AvgIpc) is 3.32. The Bertz CT molecular complexity index is 3360. The van der Waals surface area contributed by atoms with Gasteiger partial charge < -0.3 is 15.7 Å². The number of benzene rings is 5. The number of anilines is 2. The van der Waals surface area contributed by atoms with Crippen LogP contribution in [0.15, 0.2) is 128 Å². The second kappa shape index (κ2) is 25.4. The molecule has 5 rings (SSSR count). The van der Waals surface area contributed by atoms with E-state index in [2.05, 4.69) is 58.8 Å². The highest BCUT2D eigenvalue weighted by molar-refractivity contribution is 7.92. The zero-order valence-corrected chi connectivity index (χ0v) is 41.8. The highest BCUT2D eigenvalue weighted by Gasteiger charge is 2.26. The van der Waals surface area contributed by atoms with Crippen molar-refractivity contribution in [3.63, 3.8) is 0 Å². The predicted molar refractivity (Wildman–Crippen MR) is 248 cm³/mol. The van der Waals surface area contributed by atoms with E-state index in [9.17, 15) is 55.7 Å². The number of nitrogen functional groups attached to an aromatic ring is 2. The van der Waals surface area contributed by atoms with Crippen LogP contribution in [0.4, 0.5) is 45.5 Å². The van der Waals surface area contributed by atoms with Crippen molar-refractivity contribution in [3.05, 3.63) is 72.8 Å². The highest BCUT2D eigenvalue weighted by Crippen LogP contribution is 2.46. The number of fused-ring (bicyclic) bond motifs is 1. The Kier molecular flexibility index (Phi) is 20.4. The summed E-state index contributed by atoms with van der Waals surface area (Å²) in [6.45, 7) is -1.16. The van der Waals surface area contributed by atoms with Crippen LogP contribution in [0.2, 0.25) is 0 Å². The van der Waals surface area contributed by atoms with Crippen molar-refractivity contribution in [3.8, 4) is 5.75 Å². The molecule has 0 aliphatic rings. The van der Waals surface area contributed by atoms with E-state index in [1.54, 1.807) is 0 Å². The predicted octanol–water partition coefficient (Wildman–Crippen LogP) is 6.90. The van der Waals surface area contributed by atoms with Gasteiger partial charge in [-0.05, 0) is 60.7 Å². The second-order valence-electron chi connectivity index (χ2n) is 13.2. The van der Waals surface area contributed by atoms with E-state index in [0.29, 0.717) is 12.1 Å². The van der Waals surface area contributed by atoms with Crippen molar-refractivity contribution >= 4 is 143 Å². The number of nitrogens with zero attached hydrogens (tertiary/aromatic N) is 6. The summed E-state index contributed by atoms with van der Waals surface area (Å²) >= 11 is 0.205. The third kappa shape index (κ3) is 15.9. The first kappa shape index (κ1) is 58.7. The number of rotatable bonds is 27. The minimum absolute atomic E-state index is 0.0600. The number of hydrogen-bond acceptors (Lipinski definition) is 33. The second-order valence-corrected chi connectivity index (χ2v) is 23.0. The summed E-state index contributed by atoms with van der Waals surface area (Å²) in [7, 11) is -24.4. The van der Waals surface area contributed by atoms with Crippen molar-refractivity contribution in [1.29, 1.82) is 0 Å². The van der Waals surface area contributed by atoms with Crippen LogP contribution in [0.5, 0.6) is 5.75 Å². The molecule has 0 amide bonds. The molecule has 396 valence electrons. The average molecular weight is 1180 g/mol. The third-order valence-electron chi connectivity index (χ3n) is 8.71. The summed E-state index contributed by atoms with van der Waals surface area (Å²) in [5.41, 5.74) is 8.13. The van der Waals surface area contributed by atoms with Gasteiger partial charge in [-0.2, -0.15) is 30.4 Å². The molecule has 0 heterocycles. The molecule has 0 saturated heterocycles. The Hall–Kier alpha value is -5.20. The summed E-state index contributed by atoms with van der Waals surface area (Å²) in [6, 6.07) is 11.2. The molecule has 0 saturated carbocycles. The van der Waals surface area contributed by atoms with Crippen LogP contribution in [0, 0.1) is 0 Å². The molecule has 33 nitrogen and oxygen atoms in total. The Morgan fingerprint density at radius 2 is 0.932 bits per heavy atom. The van der Waals surface area contributed by atoms with Gasteiger partial charge in [0.15, 0.2) is 44.3 Å². The topological polar surface area (TPSA) is 501 Å². The first-order chi connectivity index (χ1) is 34.3. The molecular formula is C32H30N8O25S8. The van der Waals surface area contributed by atoms with Gasteiger partial charge in [-0.25, -0.2) is 32.6 Å². The zero-order valence-electron chi connectivity index (χ0n) is 35.3. The molecule has 0 atom stereocenters. The van der Waals surface area contributed by atoms with E-state index in [0.717, 1.165) is 36.4 Å². The van der Waals surface area contributed by atoms with Gasteiger partial charge in [0.2, 0.25) is 0 Å². The molecule has 5 aromatic rings. The molecule has 0 radical (unpaired) electrons. The minimum Gasteiger partial charge on any atom is -0.398 e. The fourth-order valence-corrected chi connectivity index (χ4v) is 10.9. The number of azo groups is 3. The first-order valence-electron chi connectivity index (χ1n) is 18.4. The highest BCUT2D eigenvalue weighted by atomic mass is 32.2. The lowest BCUT2D eigenvalue weighted by atomic mass is 10.1. The fourth-order valence-electron chi connectivity index (χ4n) is 5.59. The monoisotopic (exact) mass is 1180 g/mol. The van der Waals surface area contributed by atoms with Crippen LogP contribution in [0.25, 0.3) is 10.8 Å². The molecule has 0 aromatic heterocycles. The Morgan fingerprint density at radius 3 is 1.38 bits per heavy atom.